The van der Waals surface area contributed by atoms with Gasteiger partial charge in [-0.1, -0.05) is 35.4 Å². The molecule has 0 spiro atoms. The summed E-state index contributed by atoms with van der Waals surface area (Å²) in [6.07, 6.45) is 0. The molecule has 3 rings (SSSR count). The highest BCUT2D eigenvalue weighted by Gasteiger charge is 2.32. The fourth-order valence-electron chi connectivity index (χ4n) is 2.63. The average molecular weight is 431 g/mol. The monoisotopic (exact) mass is 430 g/mol. The van der Waals surface area contributed by atoms with E-state index in [4.69, 9.17) is 11.6 Å². The molecule has 0 aliphatic carbocycles. The van der Waals surface area contributed by atoms with Gasteiger partial charge in [-0.25, -0.2) is 8.42 Å². The second kappa shape index (κ2) is 8.02. The highest BCUT2D eigenvalue weighted by molar-refractivity contribution is 7.93. The molecule has 0 N–H and O–H groups in total. The first-order valence-electron chi connectivity index (χ1n) is 8.36. The Kier molecular flexibility index (Phi) is 5.67. The molecule has 0 heterocycles. The summed E-state index contributed by atoms with van der Waals surface area (Å²) < 4.78 is 27.2. The third kappa shape index (κ3) is 4.28. The summed E-state index contributed by atoms with van der Waals surface area (Å²) in [5.41, 5.74) is 0.685. The van der Waals surface area contributed by atoms with Crippen LogP contribution in [-0.4, -0.2) is 19.2 Å². The van der Waals surface area contributed by atoms with Crippen LogP contribution in [0.4, 0.5) is 11.4 Å². The molecule has 0 fully saturated rings. The molecular weight excluding hydrogens is 416 g/mol. The number of carbonyl (C=O) groups excluding carboxylic acids is 1. The van der Waals surface area contributed by atoms with Crippen LogP contribution in [0.5, 0.6) is 0 Å². The average Bonchev–Trinajstić information content (AvgIpc) is 2.68. The number of nitro benzene ring substituents is 1. The first-order chi connectivity index (χ1) is 13.7. The fraction of sp³-hybridized carbons (Fsp3) is 0.0500. The molecule has 148 valence electrons. The smallest absolute Gasteiger partial charge is 0.268 e. The number of nitro groups is 1. The number of hydrogen-bond acceptors (Lipinski definition) is 5. The minimum Gasteiger partial charge on any atom is -0.268 e. The van der Waals surface area contributed by atoms with Crippen LogP contribution in [0.1, 0.15) is 15.9 Å². The highest BCUT2D eigenvalue weighted by atomic mass is 35.5. The van der Waals surface area contributed by atoms with Crippen molar-refractivity contribution < 1.29 is 18.1 Å². The predicted molar refractivity (Wildman–Crippen MR) is 110 cm³/mol. The number of sulfonamides is 1. The summed E-state index contributed by atoms with van der Waals surface area (Å²) in [4.78, 5) is 23.3. The van der Waals surface area contributed by atoms with Crippen molar-refractivity contribution in [2.45, 2.75) is 11.8 Å². The molecule has 0 saturated heterocycles. The molecule has 0 atom stereocenters. The number of nitrogens with zero attached hydrogens (tertiary/aromatic N) is 2. The first kappa shape index (κ1) is 20.5. The van der Waals surface area contributed by atoms with Crippen LogP contribution in [0.15, 0.2) is 77.7 Å². The predicted octanol–water partition coefficient (Wildman–Crippen LogP) is 4.59. The molecule has 3 aromatic rings. The van der Waals surface area contributed by atoms with Gasteiger partial charge in [-0.15, -0.1) is 0 Å². The summed E-state index contributed by atoms with van der Waals surface area (Å²) in [5, 5.41) is 11.1. The van der Waals surface area contributed by atoms with E-state index in [0.717, 1.165) is 17.7 Å². The van der Waals surface area contributed by atoms with Gasteiger partial charge in [-0.3, -0.25) is 14.9 Å². The number of benzene rings is 3. The molecule has 0 bridgehead atoms. The Balaban J connectivity index is 2.14. The van der Waals surface area contributed by atoms with Crippen molar-refractivity contribution in [2.24, 2.45) is 0 Å². The van der Waals surface area contributed by atoms with Crippen molar-refractivity contribution >= 4 is 38.9 Å². The van der Waals surface area contributed by atoms with E-state index in [-0.39, 0.29) is 26.9 Å². The maximum absolute atomic E-state index is 13.3. The molecule has 3 aromatic carbocycles. The summed E-state index contributed by atoms with van der Waals surface area (Å²) in [6.45, 7) is 1.81. The van der Waals surface area contributed by atoms with Gasteiger partial charge in [0.05, 0.1) is 15.5 Å². The molecule has 7 nitrogen and oxygen atoms in total. The van der Waals surface area contributed by atoms with E-state index < -0.39 is 20.9 Å². The van der Waals surface area contributed by atoms with Gasteiger partial charge in [0, 0.05) is 22.7 Å². The van der Waals surface area contributed by atoms with Gasteiger partial charge in [0.15, 0.2) is 0 Å². The number of anilines is 1. The third-order valence-electron chi connectivity index (χ3n) is 4.11. The number of amides is 1. The molecule has 9 heteroatoms. The van der Waals surface area contributed by atoms with Gasteiger partial charge in [0.1, 0.15) is 0 Å². The van der Waals surface area contributed by atoms with Gasteiger partial charge in [0.2, 0.25) is 0 Å². The zero-order chi connectivity index (χ0) is 21.2. The topological polar surface area (TPSA) is 97.6 Å². The molecular formula is C20H15ClN2O5S. The first-order valence-corrected chi connectivity index (χ1v) is 10.2. The van der Waals surface area contributed by atoms with Crippen LogP contribution < -0.4 is 4.31 Å². The molecule has 0 aliphatic rings. The number of aryl methyl sites for hydroxylation is 1. The summed E-state index contributed by atoms with van der Waals surface area (Å²) in [6, 6.07) is 16.7. The van der Waals surface area contributed by atoms with Crippen molar-refractivity contribution in [1.82, 2.24) is 0 Å². The Bertz CT molecular complexity index is 1180. The Labute approximate surface area is 172 Å². The third-order valence-corrected chi connectivity index (χ3v) is 6.07. The maximum Gasteiger partial charge on any atom is 0.272 e. The van der Waals surface area contributed by atoms with E-state index in [2.05, 4.69) is 0 Å². The van der Waals surface area contributed by atoms with Crippen molar-refractivity contribution in [3.63, 3.8) is 0 Å². The molecule has 0 radical (unpaired) electrons. The highest BCUT2D eigenvalue weighted by Crippen LogP contribution is 2.28. The summed E-state index contributed by atoms with van der Waals surface area (Å²) in [5.74, 6) is -0.859. The zero-order valence-electron chi connectivity index (χ0n) is 15.2. The van der Waals surface area contributed by atoms with Gasteiger partial charge in [-0.05, 0) is 49.4 Å². The molecule has 1 amide bonds. The second-order valence-corrected chi connectivity index (χ2v) is 8.39. The number of carbonyl (C=O) groups is 1. The maximum atomic E-state index is 13.3. The van der Waals surface area contributed by atoms with E-state index in [1.807, 2.05) is 6.92 Å². The number of halogens is 1. The number of rotatable bonds is 5. The Hall–Kier alpha value is -3.23. The second-order valence-electron chi connectivity index (χ2n) is 6.17. The van der Waals surface area contributed by atoms with Crippen LogP contribution in [0.3, 0.4) is 0 Å². The SMILES string of the molecule is Cc1ccc(S(=O)(=O)N(C(=O)c2ccc([N+](=O)[O-])cc2)c2cccc(Cl)c2)cc1. The lowest BCUT2D eigenvalue weighted by molar-refractivity contribution is -0.384. The molecule has 0 saturated carbocycles. The lowest BCUT2D eigenvalue weighted by atomic mass is 10.2. The van der Waals surface area contributed by atoms with Crippen molar-refractivity contribution in [3.05, 3.63) is 99.1 Å². The Morgan fingerprint density at radius 3 is 2.17 bits per heavy atom. The largest absolute Gasteiger partial charge is 0.272 e. The van der Waals surface area contributed by atoms with Crippen LogP contribution in [0.25, 0.3) is 0 Å². The van der Waals surface area contributed by atoms with Crippen molar-refractivity contribution in [2.75, 3.05) is 4.31 Å². The summed E-state index contributed by atoms with van der Waals surface area (Å²) in [7, 11) is -4.27. The lowest BCUT2D eigenvalue weighted by Gasteiger charge is -2.23. The lowest BCUT2D eigenvalue weighted by Crippen LogP contribution is -2.37. The van der Waals surface area contributed by atoms with E-state index in [1.165, 1.54) is 42.5 Å². The van der Waals surface area contributed by atoms with E-state index in [9.17, 15) is 23.3 Å². The van der Waals surface area contributed by atoms with Crippen LogP contribution in [0.2, 0.25) is 5.02 Å². The van der Waals surface area contributed by atoms with E-state index in [1.54, 1.807) is 18.2 Å². The minimum absolute atomic E-state index is 0.0220. The molecule has 0 aliphatic heterocycles. The van der Waals surface area contributed by atoms with Crippen LogP contribution >= 0.6 is 11.6 Å². The standard InChI is InChI=1S/C20H15ClN2O5S/c1-14-5-11-19(12-6-14)29(27,28)22(18-4-2-3-16(21)13-18)20(24)15-7-9-17(10-8-15)23(25)26/h2-13H,1H3. The Morgan fingerprint density at radius 1 is 1.00 bits per heavy atom. The van der Waals surface area contributed by atoms with Crippen molar-refractivity contribution in [3.8, 4) is 0 Å². The fourth-order valence-corrected chi connectivity index (χ4v) is 4.22. The quantitative estimate of drug-likeness (QED) is 0.435. The molecule has 0 aromatic heterocycles. The Morgan fingerprint density at radius 2 is 1.62 bits per heavy atom. The number of non-ortho nitro benzene ring substituents is 1. The minimum atomic E-state index is -4.27. The van der Waals surface area contributed by atoms with Crippen LogP contribution in [0, 0.1) is 17.0 Å². The molecule has 0 unspecified atom stereocenters. The van der Waals surface area contributed by atoms with E-state index in [0.29, 0.717) is 4.31 Å². The van der Waals surface area contributed by atoms with Gasteiger partial charge >= 0.3 is 0 Å². The van der Waals surface area contributed by atoms with Gasteiger partial charge in [-0.2, -0.15) is 4.31 Å². The zero-order valence-corrected chi connectivity index (χ0v) is 16.7. The van der Waals surface area contributed by atoms with Gasteiger partial charge in [0.25, 0.3) is 21.6 Å². The summed E-state index contributed by atoms with van der Waals surface area (Å²) >= 11 is 6.00. The van der Waals surface area contributed by atoms with E-state index >= 15 is 0 Å². The molecule has 29 heavy (non-hydrogen) atoms. The van der Waals surface area contributed by atoms with Gasteiger partial charge < -0.3 is 0 Å². The van der Waals surface area contributed by atoms with Crippen molar-refractivity contribution in [1.29, 1.82) is 0 Å². The normalized spacial score (nSPS) is 11.1. The number of hydrogen-bond donors (Lipinski definition) is 0. The van der Waals surface area contributed by atoms with Crippen LogP contribution in [-0.2, 0) is 10.0 Å².